The molecule has 0 unspecified atom stereocenters. The number of nitrogens with zero attached hydrogens (tertiary/aromatic N) is 3. The lowest BCUT2D eigenvalue weighted by Gasteiger charge is -2.12. The van der Waals surface area contributed by atoms with Crippen molar-refractivity contribution in [2.75, 3.05) is 32.5 Å². The van der Waals surface area contributed by atoms with Crippen LogP contribution in [0.3, 0.4) is 0 Å². The lowest BCUT2D eigenvalue weighted by atomic mass is 10.2. The Morgan fingerprint density at radius 2 is 2.08 bits per heavy atom. The third kappa shape index (κ3) is 3.67. The van der Waals surface area contributed by atoms with Crippen molar-refractivity contribution in [3.63, 3.8) is 0 Å². The number of carbonyl (C=O) groups is 1. The summed E-state index contributed by atoms with van der Waals surface area (Å²) in [7, 11) is 4.08. The van der Waals surface area contributed by atoms with Gasteiger partial charge >= 0.3 is 0 Å². The molecule has 2 aromatic heterocycles. The fourth-order valence-electron chi connectivity index (χ4n) is 3.14. The Morgan fingerprint density at radius 1 is 1.33 bits per heavy atom. The van der Waals surface area contributed by atoms with Crippen molar-refractivity contribution in [3.05, 3.63) is 16.8 Å². The maximum absolute atomic E-state index is 12.6. The fraction of sp³-hybridized carbons (Fsp3) is 0.588. The molecule has 1 fully saturated rings. The first-order chi connectivity index (χ1) is 11.6. The molecular weight excluding hydrogens is 322 g/mol. The summed E-state index contributed by atoms with van der Waals surface area (Å²) in [5.41, 5.74) is 0.971. The van der Waals surface area contributed by atoms with Crippen molar-refractivity contribution in [2.45, 2.75) is 38.6 Å². The minimum Gasteiger partial charge on any atom is -0.368 e. The van der Waals surface area contributed by atoms with Gasteiger partial charge in [0.2, 0.25) is 0 Å². The standard InChI is InChI=1S/C17H25N5OS/c1-11-13-15(18-8-9-22(2)3)19-10-20-17(13)24-14(11)16(23)21-12-6-4-5-7-12/h10,12H,4-9H2,1-3H3,(H,21,23)(H,18,19,20). The molecule has 0 radical (unpaired) electrons. The van der Waals surface area contributed by atoms with Crippen LogP contribution in [0.15, 0.2) is 6.33 Å². The van der Waals surface area contributed by atoms with Crippen molar-refractivity contribution in [1.29, 1.82) is 0 Å². The Labute approximate surface area is 146 Å². The van der Waals surface area contributed by atoms with Crippen LogP contribution in [0.5, 0.6) is 0 Å². The Hall–Kier alpha value is -1.73. The summed E-state index contributed by atoms with van der Waals surface area (Å²) in [5.74, 6) is 0.845. The molecule has 1 amide bonds. The van der Waals surface area contributed by atoms with Crippen molar-refractivity contribution >= 4 is 33.3 Å². The summed E-state index contributed by atoms with van der Waals surface area (Å²) in [6.45, 7) is 3.71. The van der Waals surface area contributed by atoms with E-state index in [1.54, 1.807) is 6.33 Å². The van der Waals surface area contributed by atoms with E-state index in [1.807, 2.05) is 21.0 Å². The number of amides is 1. The van der Waals surface area contributed by atoms with Gasteiger partial charge in [0.25, 0.3) is 5.91 Å². The number of carbonyl (C=O) groups excluding carboxylic acids is 1. The second-order valence-electron chi connectivity index (χ2n) is 6.64. The Bertz CT molecular complexity index is 721. The molecule has 7 heteroatoms. The topological polar surface area (TPSA) is 70.1 Å². The van der Waals surface area contributed by atoms with Gasteiger partial charge in [0.05, 0.1) is 10.3 Å². The molecule has 1 aliphatic rings. The van der Waals surface area contributed by atoms with E-state index in [1.165, 1.54) is 24.2 Å². The average Bonchev–Trinajstić information content (AvgIpc) is 3.15. The second kappa shape index (κ2) is 7.44. The van der Waals surface area contributed by atoms with E-state index in [0.717, 1.165) is 52.4 Å². The average molecular weight is 347 g/mol. The minimum absolute atomic E-state index is 0.0293. The lowest BCUT2D eigenvalue weighted by molar-refractivity contribution is 0.0941. The normalized spacial score (nSPS) is 15.3. The lowest BCUT2D eigenvalue weighted by Crippen LogP contribution is -2.32. The van der Waals surface area contributed by atoms with Gasteiger partial charge in [-0.3, -0.25) is 4.79 Å². The van der Waals surface area contributed by atoms with Gasteiger partial charge in [-0.05, 0) is 39.4 Å². The number of fused-ring (bicyclic) bond motifs is 1. The predicted molar refractivity (Wildman–Crippen MR) is 98.9 cm³/mol. The molecule has 130 valence electrons. The van der Waals surface area contributed by atoms with E-state index in [-0.39, 0.29) is 5.91 Å². The number of thiophene rings is 1. The highest BCUT2D eigenvalue weighted by Crippen LogP contribution is 2.33. The van der Waals surface area contributed by atoms with Crippen LogP contribution in [0.1, 0.15) is 40.9 Å². The molecule has 0 aliphatic heterocycles. The van der Waals surface area contributed by atoms with Crippen LogP contribution >= 0.6 is 11.3 Å². The summed E-state index contributed by atoms with van der Waals surface area (Å²) in [4.78, 5) is 25.1. The van der Waals surface area contributed by atoms with Gasteiger partial charge in [0, 0.05) is 19.1 Å². The van der Waals surface area contributed by atoms with E-state index in [9.17, 15) is 4.79 Å². The summed E-state index contributed by atoms with van der Waals surface area (Å²) in [6, 6.07) is 0.325. The van der Waals surface area contributed by atoms with Crippen molar-refractivity contribution in [2.24, 2.45) is 0 Å². The van der Waals surface area contributed by atoms with Crippen LogP contribution in [0.2, 0.25) is 0 Å². The van der Waals surface area contributed by atoms with Crippen LogP contribution < -0.4 is 10.6 Å². The zero-order valence-corrected chi connectivity index (χ0v) is 15.4. The van der Waals surface area contributed by atoms with Crippen molar-refractivity contribution in [3.8, 4) is 0 Å². The maximum Gasteiger partial charge on any atom is 0.261 e. The second-order valence-corrected chi connectivity index (χ2v) is 7.64. The molecule has 1 aliphatic carbocycles. The van der Waals surface area contributed by atoms with Crippen LogP contribution in [0, 0.1) is 6.92 Å². The Kier molecular flexibility index (Phi) is 5.30. The molecule has 6 nitrogen and oxygen atoms in total. The number of rotatable bonds is 6. The molecule has 24 heavy (non-hydrogen) atoms. The van der Waals surface area contributed by atoms with E-state index in [0.29, 0.717) is 6.04 Å². The van der Waals surface area contributed by atoms with Gasteiger partial charge in [-0.15, -0.1) is 11.3 Å². The number of nitrogens with one attached hydrogen (secondary N) is 2. The molecule has 1 saturated carbocycles. The highest BCUT2D eigenvalue weighted by Gasteiger charge is 2.23. The molecule has 3 rings (SSSR count). The summed E-state index contributed by atoms with van der Waals surface area (Å²) in [6.07, 6.45) is 6.16. The number of aryl methyl sites for hydroxylation is 1. The zero-order valence-electron chi connectivity index (χ0n) is 14.6. The first-order valence-corrected chi connectivity index (χ1v) is 9.31. The van der Waals surface area contributed by atoms with Gasteiger partial charge in [0.15, 0.2) is 0 Å². The molecule has 2 heterocycles. The highest BCUT2D eigenvalue weighted by molar-refractivity contribution is 7.20. The maximum atomic E-state index is 12.6. The molecule has 2 aromatic rings. The summed E-state index contributed by atoms with van der Waals surface area (Å²) >= 11 is 1.46. The van der Waals surface area contributed by atoms with E-state index < -0.39 is 0 Å². The predicted octanol–water partition coefficient (Wildman–Crippen LogP) is 2.65. The first kappa shape index (κ1) is 17.1. The summed E-state index contributed by atoms with van der Waals surface area (Å²) < 4.78 is 0. The monoisotopic (exact) mass is 347 g/mol. The largest absolute Gasteiger partial charge is 0.368 e. The smallest absolute Gasteiger partial charge is 0.261 e. The minimum atomic E-state index is 0.0293. The van der Waals surface area contributed by atoms with E-state index in [4.69, 9.17) is 0 Å². The van der Waals surface area contributed by atoms with Crippen LogP contribution in [-0.4, -0.2) is 54.0 Å². The number of aromatic nitrogens is 2. The molecule has 0 atom stereocenters. The number of anilines is 1. The molecule has 0 bridgehead atoms. The number of hydrogen-bond acceptors (Lipinski definition) is 6. The third-order valence-electron chi connectivity index (χ3n) is 4.47. The van der Waals surface area contributed by atoms with Crippen LogP contribution in [0.4, 0.5) is 5.82 Å². The van der Waals surface area contributed by atoms with Gasteiger partial charge < -0.3 is 15.5 Å². The van der Waals surface area contributed by atoms with Crippen LogP contribution in [-0.2, 0) is 0 Å². The van der Waals surface area contributed by atoms with E-state index >= 15 is 0 Å². The van der Waals surface area contributed by atoms with Crippen LogP contribution in [0.25, 0.3) is 10.2 Å². The fourth-order valence-corrected chi connectivity index (χ4v) is 4.19. The zero-order chi connectivity index (χ0) is 17.1. The molecular formula is C17H25N5OS. The SMILES string of the molecule is Cc1c(C(=O)NC2CCCC2)sc2ncnc(NCCN(C)C)c12. The van der Waals surface area contributed by atoms with E-state index in [2.05, 4.69) is 25.5 Å². The summed E-state index contributed by atoms with van der Waals surface area (Å²) in [5, 5.41) is 7.51. The van der Waals surface area contributed by atoms with Crippen molar-refractivity contribution < 1.29 is 4.79 Å². The number of likely N-dealkylation sites (N-methyl/N-ethyl adjacent to an activating group) is 1. The highest BCUT2D eigenvalue weighted by atomic mass is 32.1. The van der Waals surface area contributed by atoms with Gasteiger partial charge in [0.1, 0.15) is 17.0 Å². The quantitative estimate of drug-likeness (QED) is 0.841. The first-order valence-electron chi connectivity index (χ1n) is 8.50. The van der Waals surface area contributed by atoms with Gasteiger partial charge in [-0.25, -0.2) is 9.97 Å². The Morgan fingerprint density at radius 3 is 2.79 bits per heavy atom. The molecule has 2 N–H and O–H groups in total. The third-order valence-corrected chi connectivity index (χ3v) is 5.67. The molecule has 0 spiro atoms. The van der Waals surface area contributed by atoms with Crippen molar-refractivity contribution in [1.82, 2.24) is 20.2 Å². The number of hydrogen-bond donors (Lipinski definition) is 2. The van der Waals surface area contributed by atoms with Gasteiger partial charge in [-0.2, -0.15) is 0 Å². The Balaban J connectivity index is 1.82. The molecule has 0 saturated heterocycles. The van der Waals surface area contributed by atoms with Gasteiger partial charge in [-0.1, -0.05) is 12.8 Å². The molecule has 0 aromatic carbocycles.